The number of hydrogen-bond acceptors (Lipinski definition) is 2. The molecule has 2 heteroatoms. The van der Waals surface area contributed by atoms with Crippen molar-refractivity contribution in [2.24, 2.45) is 5.92 Å². The maximum Gasteiger partial charge on any atom is 0.00925 e. The zero-order chi connectivity index (χ0) is 9.68. The van der Waals surface area contributed by atoms with Gasteiger partial charge in [-0.05, 0) is 58.8 Å². The van der Waals surface area contributed by atoms with E-state index < -0.39 is 0 Å². The van der Waals surface area contributed by atoms with Gasteiger partial charge in [0.15, 0.2) is 0 Å². The summed E-state index contributed by atoms with van der Waals surface area (Å²) in [7, 11) is 2.03. The van der Waals surface area contributed by atoms with Gasteiger partial charge in [0, 0.05) is 6.04 Å². The minimum absolute atomic E-state index is 0.797. The Kier molecular flexibility index (Phi) is 4.74. The van der Waals surface area contributed by atoms with Crippen LogP contribution in [0.2, 0.25) is 0 Å². The number of hydrogen-bond donors (Lipinski definition) is 1. The van der Waals surface area contributed by atoms with Gasteiger partial charge in [-0.1, -0.05) is 6.92 Å². The SMILES string of the molecule is CNCCCN1CCCC(C)C1C. The van der Waals surface area contributed by atoms with Crippen LogP contribution >= 0.6 is 0 Å². The second-order valence-electron chi connectivity index (χ2n) is 4.35. The van der Waals surface area contributed by atoms with E-state index in [4.69, 9.17) is 0 Å². The fourth-order valence-electron chi connectivity index (χ4n) is 2.20. The second kappa shape index (κ2) is 5.61. The molecule has 2 unspecified atom stereocenters. The fourth-order valence-corrected chi connectivity index (χ4v) is 2.20. The molecule has 1 fully saturated rings. The Morgan fingerprint density at radius 2 is 2.15 bits per heavy atom. The Labute approximate surface area is 82.7 Å². The van der Waals surface area contributed by atoms with Crippen molar-refractivity contribution >= 4 is 0 Å². The van der Waals surface area contributed by atoms with Crippen molar-refractivity contribution in [3.63, 3.8) is 0 Å². The second-order valence-corrected chi connectivity index (χ2v) is 4.35. The van der Waals surface area contributed by atoms with Crippen molar-refractivity contribution in [1.82, 2.24) is 10.2 Å². The third kappa shape index (κ3) is 3.28. The van der Waals surface area contributed by atoms with E-state index in [-0.39, 0.29) is 0 Å². The maximum absolute atomic E-state index is 3.21. The van der Waals surface area contributed by atoms with Crippen molar-refractivity contribution in [1.29, 1.82) is 0 Å². The fraction of sp³-hybridized carbons (Fsp3) is 1.00. The molecule has 0 aromatic carbocycles. The third-order valence-electron chi connectivity index (χ3n) is 3.38. The lowest BCUT2D eigenvalue weighted by Gasteiger charge is -2.37. The van der Waals surface area contributed by atoms with Crippen molar-refractivity contribution in [3.8, 4) is 0 Å². The molecule has 1 aliphatic heterocycles. The van der Waals surface area contributed by atoms with Crippen molar-refractivity contribution in [2.45, 2.75) is 39.2 Å². The van der Waals surface area contributed by atoms with Gasteiger partial charge in [0.1, 0.15) is 0 Å². The molecule has 1 saturated heterocycles. The first-order valence-corrected chi connectivity index (χ1v) is 5.64. The summed E-state index contributed by atoms with van der Waals surface area (Å²) >= 11 is 0. The van der Waals surface area contributed by atoms with Crippen molar-refractivity contribution in [3.05, 3.63) is 0 Å². The van der Waals surface area contributed by atoms with E-state index in [1.54, 1.807) is 0 Å². The van der Waals surface area contributed by atoms with Gasteiger partial charge in [-0.2, -0.15) is 0 Å². The first-order chi connectivity index (χ1) is 6.25. The normalized spacial score (nSPS) is 30.7. The van der Waals surface area contributed by atoms with Crippen LogP contribution in [-0.2, 0) is 0 Å². The Morgan fingerprint density at radius 3 is 2.85 bits per heavy atom. The summed E-state index contributed by atoms with van der Waals surface area (Å²) in [6.07, 6.45) is 4.10. The summed E-state index contributed by atoms with van der Waals surface area (Å²) in [6.45, 7) is 8.50. The van der Waals surface area contributed by atoms with Crippen LogP contribution < -0.4 is 5.32 Å². The van der Waals surface area contributed by atoms with E-state index in [0.717, 1.165) is 18.5 Å². The minimum Gasteiger partial charge on any atom is -0.320 e. The highest BCUT2D eigenvalue weighted by atomic mass is 15.2. The zero-order valence-corrected chi connectivity index (χ0v) is 9.34. The number of piperidine rings is 1. The Balaban J connectivity index is 2.23. The van der Waals surface area contributed by atoms with Crippen LogP contribution in [0.15, 0.2) is 0 Å². The molecule has 1 heterocycles. The maximum atomic E-state index is 3.21. The first kappa shape index (κ1) is 11.0. The van der Waals surface area contributed by atoms with Crippen LogP contribution in [-0.4, -0.2) is 37.6 Å². The molecular formula is C11H24N2. The van der Waals surface area contributed by atoms with Crippen LogP contribution in [0.5, 0.6) is 0 Å². The van der Waals surface area contributed by atoms with Crippen molar-refractivity contribution < 1.29 is 0 Å². The van der Waals surface area contributed by atoms with Gasteiger partial charge in [-0.15, -0.1) is 0 Å². The predicted octanol–water partition coefficient (Wildman–Crippen LogP) is 1.72. The highest BCUT2D eigenvalue weighted by Crippen LogP contribution is 2.22. The molecule has 0 bridgehead atoms. The molecule has 0 radical (unpaired) electrons. The Bertz CT molecular complexity index is 136. The van der Waals surface area contributed by atoms with E-state index in [9.17, 15) is 0 Å². The molecule has 1 rings (SSSR count). The zero-order valence-electron chi connectivity index (χ0n) is 9.34. The number of likely N-dealkylation sites (tertiary alicyclic amines) is 1. The summed E-state index contributed by atoms with van der Waals surface area (Å²) in [6, 6.07) is 0.797. The third-order valence-corrected chi connectivity index (χ3v) is 3.38. The predicted molar refractivity (Wildman–Crippen MR) is 58.0 cm³/mol. The highest BCUT2D eigenvalue weighted by molar-refractivity contribution is 4.78. The average Bonchev–Trinajstić information content (AvgIpc) is 2.13. The van der Waals surface area contributed by atoms with Crippen LogP contribution in [0.25, 0.3) is 0 Å². The summed E-state index contributed by atoms with van der Waals surface area (Å²) in [5, 5.41) is 3.21. The topological polar surface area (TPSA) is 15.3 Å². The molecule has 2 nitrogen and oxygen atoms in total. The molecule has 0 aromatic heterocycles. The van der Waals surface area contributed by atoms with Crippen molar-refractivity contribution in [2.75, 3.05) is 26.7 Å². The van der Waals surface area contributed by atoms with E-state index in [1.165, 1.54) is 32.4 Å². The van der Waals surface area contributed by atoms with E-state index in [2.05, 4.69) is 24.1 Å². The summed E-state index contributed by atoms with van der Waals surface area (Å²) < 4.78 is 0. The molecule has 0 aromatic rings. The lowest BCUT2D eigenvalue weighted by molar-refractivity contribution is 0.113. The average molecular weight is 184 g/mol. The molecule has 13 heavy (non-hydrogen) atoms. The summed E-state index contributed by atoms with van der Waals surface area (Å²) in [4.78, 5) is 2.64. The van der Waals surface area contributed by atoms with E-state index in [0.29, 0.717) is 0 Å². The molecule has 0 amide bonds. The van der Waals surface area contributed by atoms with Gasteiger partial charge >= 0.3 is 0 Å². The monoisotopic (exact) mass is 184 g/mol. The van der Waals surface area contributed by atoms with Gasteiger partial charge in [0.2, 0.25) is 0 Å². The number of rotatable bonds is 4. The Hall–Kier alpha value is -0.0800. The van der Waals surface area contributed by atoms with E-state index in [1.807, 2.05) is 7.05 Å². The van der Waals surface area contributed by atoms with Gasteiger partial charge in [0.25, 0.3) is 0 Å². The minimum atomic E-state index is 0.797. The van der Waals surface area contributed by atoms with Crippen LogP contribution in [0, 0.1) is 5.92 Å². The molecular weight excluding hydrogens is 160 g/mol. The molecule has 2 atom stereocenters. The van der Waals surface area contributed by atoms with Gasteiger partial charge in [0.05, 0.1) is 0 Å². The van der Waals surface area contributed by atoms with E-state index >= 15 is 0 Å². The summed E-state index contributed by atoms with van der Waals surface area (Å²) in [5.41, 5.74) is 0. The van der Waals surface area contributed by atoms with Crippen LogP contribution in [0.1, 0.15) is 33.1 Å². The Morgan fingerprint density at radius 1 is 1.38 bits per heavy atom. The molecule has 1 aliphatic rings. The number of nitrogens with one attached hydrogen (secondary N) is 1. The van der Waals surface area contributed by atoms with Gasteiger partial charge < -0.3 is 10.2 Å². The quantitative estimate of drug-likeness (QED) is 0.669. The van der Waals surface area contributed by atoms with Gasteiger partial charge in [-0.25, -0.2) is 0 Å². The molecule has 78 valence electrons. The van der Waals surface area contributed by atoms with Crippen LogP contribution in [0.3, 0.4) is 0 Å². The standard InChI is InChI=1S/C11H24N2/c1-10-6-4-8-13(11(10)2)9-5-7-12-3/h10-12H,4-9H2,1-3H3. The van der Waals surface area contributed by atoms with Gasteiger partial charge in [-0.3, -0.25) is 0 Å². The molecule has 0 aliphatic carbocycles. The summed E-state index contributed by atoms with van der Waals surface area (Å²) in [5.74, 6) is 0.892. The highest BCUT2D eigenvalue weighted by Gasteiger charge is 2.23. The van der Waals surface area contributed by atoms with Crippen LogP contribution in [0.4, 0.5) is 0 Å². The molecule has 0 saturated carbocycles. The lowest BCUT2D eigenvalue weighted by Crippen LogP contribution is -2.43. The smallest absolute Gasteiger partial charge is 0.00925 e. The largest absolute Gasteiger partial charge is 0.320 e. The molecule has 1 N–H and O–H groups in total. The molecule has 0 spiro atoms. The number of nitrogens with zero attached hydrogens (tertiary/aromatic N) is 1. The first-order valence-electron chi connectivity index (χ1n) is 5.64. The lowest BCUT2D eigenvalue weighted by atomic mass is 9.92.